The van der Waals surface area contributed by atoms with Crippen molar-refractivity contribution in [2.45, 2.75) is 66.2 Å². The van der Waals surface area contributed by atoms with Gasteiger partial charge in [0.25, 0.3) is 0 Å². The molecule has 0 unspecified atom stereocenters. The van der Waals surface area contributed by atoms with Gasteiger partial charge in [0.1, 0.15) is 28.4 Å². The van der Waals surface area contributed by atoms with Crippen molar-refractivity contribution in [2.75, 3.05) is 13.2 Å². The van der Waals surface area contributed by atoms with Gasteiger partial charge < -0.3 is 19.5 Å². The highest BCUT2D eigenvalue weighted by Gasteiger charge is 2.27. The number of halogens is 2. The highest BCUT2D eigenvalue weighted by Crippen LogP contribution is 2.35. The summed E-state index contributed by atoms with van der Waals surface area (Å²) in [6, 6.07) is 12.6. The smallest absolute Gasteiger partial charge is 0.407 e. The maximum Gasteiger partial charge on any atom is 0.407 e. The molecular weight excluding hydrogens is 569 g/mol. The molecule has 39 heavy (non-hydrogen) atoms. The zero-order chi connectivity index (χ0) is 28.7. The van der Waals surface area contributed by atoms with Crippen LogP contribution in [-0.2, 0) is 22.6 Å². The summed E-state index contributed by atoms with van der Waals surface area (Å²) in [7, 11) is 0. The molecular formula is C29H35BrFN3O5. The van der Waals surface area contributed by atoms with Crippen molar-refractivity contribution in [3.05, 3.63) is 69.7 Å². The predicted molar refractivity (Wildman–Crippen MR) is 150 cm³/mol. The molecule has 1 heterocycles. The van der Waals surface area contributed by atoms with E-state index in [-0.39, 0.29) is 47.7 Å². The van der Waals surface area contributed by atoms with E-state index in [0.717, 1.165) is 5.56 Å². The third-order valence-corrected chi connectivity index (χ3v) is 6.19. The van der Waals surface area contributed by atoms with E-state index >= 15 is 4.39 Å². The van der Waals surface area contributed by atoms with Gasteiger partial charge in [0.05, 0.1) is 18.7 Å². The quantitative estimate of drug-likeness (QED) is 0.255. The van der Waals surface area contributed by atoms with Crippen LogP contribution in [0.5, 0.6) is 5.75 Å². The first kappa shape index (κ1) is 30.1. The molecule has 210 valence electrons. The zero-order valence-corrected chi connectivity index (χ0v) is 24.7. The number of benzene rings is 2. The van der Waals surface area contributed by atoms with Crippen LogP contribution >= 0.6 is 15.9 Å². The molecule has 0 atom stereocenters. The minimum Gasteiger partial charge on any atom is -0.489 e. The minimum absolute atomic E-state index is 0.0625. The topological polar surface area (TPSA) is 91.7 Å². The Morgan fingerprint density at radius 2 is 1.82 bits per heavy atom. The first-order chi connectivity index (χ1) is 18.4. The van der Waals surface area contributed by atoms with E-state index < -0.39 is 23.5 Å². The van der Waals surface area contributed by atoms with E-state index in [1.54, 1.807) is 39.8 Å². The molecule has 0 fully saturated rings. The van der Waals surface area contributed by atoms with Gasteiger partial charge in [-0.3, -0.25) is 4.68 Å². The van der Waals surface area contributed by atoms with Gasteiger partial charge in [-0.15, -0.1) is 0 Å². The lowest BCUT2D eigenvalue weighted by Gasteiger charge is -2.19. The van der Waals surface area contributed by atoms with Crippen LogP contribution in [0, 0.1) is 5.82 Å². The van der Waals surface area contributed by atoms with Crippen LogP contribution in [0.15, 0.2) is 47.1 Å². The molecule has 0 radical (unpaired) electrons. The Hall–Kier alpha value is -3.40. The number of ether oxygens (including phenoxy) is 3. The Kier molecular flexibility index (Phi) is 10.1. The highest BCUT2D eigenvalue weighted by molar-refractivity contribution is 9.10. The standard InChI is InChI=1S/C29H35BrFN3O5/c1-7-37-27(35)25-24(26(30)33-34(25)15-14-32-28(36)39-29(4,5)6)22-13-12-21(16-23(22)31)38-17-19-8-10-20(11-9-19)18(2)3/h8-13,16,18H,7,14-15,17H2,1-6H3,(H,32,36). The highest BCUT2D eigenvalue weighted by atomic mass is 79.9. The van der Waals surface area contributed by atoms with Crippen molar-refractivity contribution in [1.82, 2.24) is 15.1 Å². The second-order valence-electron chi connectivity index (χ2n) is 10.2. The fraction of sp³-hybridized carbons (Fsp3) is 0.414. The molecule has 0 saturated heterocycles. The van der Waals surface area contributed by atoms with E-state index in [4.69, 9.17) is 14.2 Å². The number of aromatic nitrogens is 2. The molecule has 1 N–H and O–H groups in total. The summed E-state index contributed by atoms with van der Waals surface area (Å²) in [6.07, 6.45) is -0.593. The van der Waals surface area contributed by atoms with Crippen LogP contribution in [0.4, 0.5) is 9.18 Å². The Morgan fingerprint density at radius 1 is 1.13 bits per heavy atom. The van der Waals surface area contributed by atoms with Crippen LogP contribution in [0.25, 0.3) is 11.1 Å². The average Bonchev–Trinajstić information content (AvgIpc) is 3.17. The van der Waals surface area contributed by atoms with E-state index in [2.05, 4.69) is 52.3 Å². The summed E-state index contributed by atoms with van der Waals surface area (Å²) >= 11 is 3.36. The van der Waals surface area contributed by atoms with Gasteiger partial charge in [-0.05, 0) is 72.8 Å². The van der Waals surface area contributed by atoms with E-state index in [0.29, 0.717) is 11.7 Å². The summed E-state index contributed by atoms with van der Waals surface area (Å²) in [5.74, 6) is -0.453. The molecule has 2 aromatic carbocycles. The third-order valence-electron chi connectivity index (χ3n) is 5.63. The van der Waals surface area contributed by atoms with Gasteiger partial charge in [-0.25, -0.2) is 14.0 Å². The fourth-order valence-electron chi connectivity index (χ4n) is 3.77. The van der Waals surface area contributed by atoms with Gasteiger partial charge in [0.2, 0.25) is 0 Å². The first-order valence-corrected chi connectivity index (χ1v) is 13.6. The van der Waals surface area contributed by atoms with Crippen molar-refractivity contribution in [2.24, 2.45) is 0 Å². The van der Waals surface area contributed by atoms with E-state index in [1.807, 2.05) is 12.1 Å². The number of esters is 1. The average molecular weight is 605 g/mol. The van der Waals surface area contributed by atoms with Crippen LogP contribution in [0.2, 0.25) is 0 Å². The molecule has 1 aromatic heterocycles. The number of nitrogens with one attached hydrogen (secondary N) is 1. The van der Waals surface area contributed by atoms with Crippen molar-refractivity contribution in [3.63, 3.8) is 0 Å². The molecule has 1 amide bonds. The Labute approximate surface area is 237 Å². The van der Waals surface area contributed by atoms with Gasteiger partial charge in [0, 0.05) is 18.2 Å². The maximum absolute atomic E-state index is 15.4. The zero-order valence-electron chi connectivity index (χ0n) is 23.1. The summed E-state index contributed by atoms with van der Waals surface area (Å²) in [5, 5.41) is 6.99. The summed E-state index contributed by atoms with van der Waals surface area (Å²) in [5.41, 5.74) is 2.03. The van der Waals surface area contributed by atoms with Crippen molar-refractivity contribution in [1.29, 1.82) is 0 Å². The van der Waals surface area contributed by atoms with Crippen molar-refractivity contribution < 1.29 is 28.2 Å². The van der Waals surface area contributed by atoms with E-state index in [1.165, 1.54) is 16.3 Å². The summed E-state index contributed by atoms with van der Waals surface area (Å²) < 4.78 is 33.3. The number of carbonyl (C=O) groups excluding carboxylic acids is 2. The minimum atomic E-state index is -0.660. The Balaban J connectivity index is 1.80. The molecule has 0 aliphatic rings. The van der Waals surface area contributed by atoms with Crippen LogP contribution in [-0.4, -0.2) is 40.6 Å². The number of nitrogens with zero attached hydrogens (tertiary/aromatic N) is 2. The Bertz CT molecular complexity index is 1300. The molecule has 3 aromatic rings. The summed E-state index contributed by atoms with van der Waals surface area (Å²) in [6.45, 7) is 11.9. The third kappa shape index (κ3) is 8.29. The normalized spacial score (nSPS) is 11.4. The van der Waals surface area contributed by atoms with Crippen molar-refractivity contribution in [3.8, 4) is 16.9 Å². The van der Waals surface area contributed by atoms with Crippen LogP contribution in [0.1, 0.15) is 69.1 Å². The number of hydrogen-bond acceptors (Lipinski definition) is 6. The second kappa shape index (κ2) is 13.1. The fourth-order valence-corrected chi connectivity index (χ4v) is 4.36. The molecule has 0 spiro atoms. The number of amides is 1. The lowest BCUT2D eigenvalue weighted by atomic mass is 10.0. The van der Waals surface area contributed by atoms with Gasteiger partial charge >= 0.3 is 12.1 Å². The summed E-state index contributed by atoms with van der Waals surface area (Å²) in [4.78, 5) is 24.9. The number of carbonyl (C=O) groups is 2. The lowest BCUT2D eigenvalue weighted by Crippen LogP contribution is -2.34. The molecule has 0 aliphatic carbocycles. The molecule has 10 heteroatoms. The van der Waals surface area contributed by atoms with Gasteiger partial charge in [-0.1, -0.05) is 38.1 Å². The second-order valence-corrected chi connectivity index (χ2v) is 11.0. The molecule has 8 nitrogen and oxygen atoms in total. The largest absolute Gasteiger partial charge is 0.489 e. The van der Waals surface area contributed by atoms with Gasteiger partial charge in [0.15, 0.2) is 5.69 Å². The number of rotatable bonds is 10. The predicted octanol–water partition coefficient (Wildman–Crippen LogP) is 6.86. The molecule has 0 bridgehead atoms. The number of hydrogen-bond donors (Lipinski definition) is 1. The van der Waals surface area contributed by atoms with Crippen molar-refractivity contribution >= 4 is 28.0 Å². The van der Waals surface area contributed by atoms with E-state index in [9.17, 15) is 9.59 Å². The number of alkyl carbamates (subject to hydrolysis) is 1. The van der Waals surface area contributed by atoms with Gasteiger partial charge in [-0.2, -0.15) is 5.10 Å². The molecule has 3 rings (SSSR count). The lowest BCUT2D eigenvalue weighted by molar-refractivity contribution is 0.0513. The first-order valence-electron chi connectivity index (χ1n) is 12.8. The van der Waals surface area contributed by atoms with Crippen LogP contribution in [0.3, 0.4) is 0 Å². The van der Waals surface area contributed by atoms with Crippen LogP contribution < -0.4 is 10.1 Å². The monoisotopic (exact) mass is 603 g/mol. The molecule has 0 saturated carbocycles. The SMILES string of the molecule is CCOC(=O)c1c(-c2ccc(OCc3ccc(C(C)C)cc3)cc2F)c(Br)nn1CCNC(=O)OC(C)(C)C. The maximum atomic E-state index is 15.4. The molecule has 0 aliphatic heterocycles. The Morgan fingerprint density at radius 3 is 2.41 bits per heavy atom.